The molecule has 130 valence electrons. The Morgan fingerprint density at radius 1 is 1.35 bits per heavy atom. The van der Waals surface area contributed by atoms with Crippen molar-refractivity contribution in [2.75, 3.05) is 26.7 Å². The van der Waals surface area contributed by atoms with Crippen LogP contribution in [0.4, 0.5) is 4.39 Å². The Morgan fingerprint density at radius 3 is 2.48 bits per heavy atom. The van der Waals surface area contributed by atoms with Crippen molar-refractivity contribution >= 4 is 18.3 Å². The minimum atomic E-state index is -0.277. The van der Waals surface area contributed by atoms with E-state index in [0.29, 0.717) is 31.8 Å². The summed E-state index contributed by atoms with van der Waals surface area (Å²) in [6, 6.07) is 6.01. The Labute approximate surface area is 142 Å². The molecule has 5 nitrogen and oxygen atoms in total. The lowest BCUT2D eigenvalue weighted by Gasteiger charge is -2.33. The number of hydrogen-bond acceptors (Lipinski definition) is 4. The fourth-order valence-electron chi connectivity index (χ4n) is 2.52. The van der Waals surface area contributed by atoms with Crippen LogP contribution in [0, 0.1) is 5.82 Å². The molecule has 1 atom stereocenters. The van der Waals surface area contributed by atoms with Crippen molar-refractivity contribution in [3.8, 4) is 5.75 Å². The second kappa shape index (κ2) is 9.70. The van der Waals surface area contributed by atoms with E-state index in [1.165, 1.54) is 12.1 Å². The number of nitrogens with two attached hydrogens (primary N) is 1. The molecule has 1 heterocycles. The van der Waals surface area contributed by atoms with E-state index < -0.39 is 0 Å². The summed E-state index contributed by atoms with van der Waals surface area (Å²) in [4.78, 5) is 14.0. The first-order valence-corrected chi connectivity index (χ1v) is 7.55. The lowest BCUT2D eigenvalue weighted by molar-refractivity contribution is -0.135. The van der Waals surface area contributed by atoms with Crippen LogP contribution in [0.1, 0.15) is 19.3 Å². The molecule has 1 fully saturated rings. The molecule has 0 bridgehead atoms. The molecule has 1 amide bonds. The summed E-state index contributed by atoms with van der Waals surface area (Å²) in [7, 11) is 1.56. The maximum absolute atomic E-state index is 12.8. The maximum Gasteiger partial charge on any atom is 0.225 e. The quantitative estimate of drug-likeness (QED) is 0.855. The van der Waals surface area contributed by atoms with E-state index >= 15 is 0 Å². The number of carbonyl (C=O) groups is 1. The van der Waals surface area contributed by atoms with Crippen LogP contribution in [-0.2, 0) is 9.53 Å². The molecule has 1 unspecified atom stereocenters. The summed E-state index contributed by atoms with van der Waals surface area (Å²) in [6.07, 6.45) is 1.69. The van der Waals surface area contributed by atoms with Crippen molar-refractivity contribution in [1.29, 1.82) is 0 Å². The highest BCUT2D eigenvalue weighted by molar-refractivity contribution is 5.85. The number of ether oxygens (including phenoxy) is 2. The molecule has 7 heteroatoms. The van der Waals surface area contributed by atoms with Gasteiger partial charge in [-0.15, -0.1) is 12.4 Å². The third-order valence-electron chi connectivity index (χ3n) is 3.91. The molecule has 1 aliphatic heterocycles. The molecule has 0 spiro atoms. The third kappa shape index (κ3) is 5.97. The fraction of sp³-hybridized carbons (Fsp3) is 0.562. The molecule has 0 aromatic heterocycles. The lowest BCUT2D eigenvalue weighted by atomic mass is 10.1. The average Bonchev–Trinajstić information content (AvgIpc) is 2.55. The van der Waals surface area contributed by atoms with Crippen molar-refractivity contribution in [3.63, 3.8) is 0 Å². The SMILES string of the molecule is COC(CN)CC(=O)N1CCC(Oc2ccc(F)cc2)CC1.Cl. The van der Waals surface area contributed by atoms with Gasteiger partial charge in [0.15, 0.2) is 0 Å². The first-order valence-electron chi connectivity index (χ1n) is 7.55. The van der Waals surface area contributed by atoms with Crippen molar-refractivity contribution in [3.05, 3.63) is 30.1 Å². The molecule has 1 aromatic rings. The number of methoxy groups -OCH3 is 1. The highest BCUT2D eigenvalue weighted by atomic mass is 35.5. The standard InChI is InChI=1S/C16H23FN2O3.ClH/c1-21-15(11-18)10-16(20)19-8-6-14(7-9-19)22-13-4-2-12(17)3-5-13;/h2-5,14-15H,6-11,18H2,1H3;1H. The number of carbonyl (C=O) groups excluding carboxylic acids is 1. The van der Waals surface area contributed by atoms with Gasteiger partial charge in [0.05, 0.1) is 12.5 Å². The third-order valence-corrected chi connectivity index (χ3v) is 3.91. The van der Waals surface area contributed by atoms with Crippen LogP contribution in [0.25, 0.3) is 0 Å². The van der Waals surface area contributed by atoms with Crippen molar-refractivity contribution in [2.45, 2.75) is 31.5 Å². The second-order valence-corrected chi connectivity index (χ2v) is 5.45. The van der Waals surface area contributed by atoms with Gasteiger partial charge in [-0.2, -0.15) is 0 Å². The minimum absolute atomic E-state index is 0. The predicted octanol–water partition coefficient (Wildman–Crippen LogP) is 1.98. The highest BCUT2D eigenvalue weighted by Gasteiger charge is 2.25. The van der Waals surface area contributed by atoms with E-state index in [1.807, 2.05) is 4.90 Å². The Balaban J connectivity index is 0.00000264. The fourth-order valence-corrected chi connectivity index (χ4v) is 2.52. The Bertz CT molecular complexity index is 475. The molecule has 1 aromatic carbocycles. The van der Waals surface area contributed by atoms with Crippen molar-refractivity contribution in [1.82, 2.24) is 4.90 Å². The van der Waals surface area contributed by atoms with Crippen LogP contribution in [0.3, 0.4) is 0 Å². The smallest absolute Gasteiger partial charge is 0.225 e. The molecular formula is C16H24ClFN2O3. The molecule has 0 radical (unpaired) electrons. The van der Waals surface area contributed by atoms with Crippen LogP contribution < -0.4 is 10.5 Å². The first-order chi connectivity index (χ1) is 10.6. The van der Waals surface area contributed by atoms with Crippen LogP contribution in [-0.4, -0.2) is 49.8 Å². The summed E-state index contributed by atoms with van der Waals surface area (Å²) < 4.78 is 23.8. The van der Waals surface area contributed by atoms with Gasteiger partial charge in [0.2, 0.25) is 5.91 Å². The van der Waals surface area contributed by atoms with Gasteiger partial charge in [0.1, 0.15) is 17.7 Å². The molecule has 0 saturated carbocycles. The zero-order valence-electron chi connectivity index (χ0n) is 13.2. The average molecular weight is 347 g/mol. The van der Waals surface area contributed by atoms with Crippen molar-refractivity contribution in [2.24, 2.45) is 5.73 Å². The van der Waals surface area contributed by atoms with E-state index in [2.05, 4.69) is 0 Å². The monoisotopic (exact) mass is 346 g/mol. The second-order valence-electron chi connectivity index (χ2n) is 5.45. The Kier molecular flexibility index (Phi) is 8.30. The van der Waals surface area contributed by atoms with Crippen LogP contribution in [0.2, 0.25) is 0 Å². The van der Waals surface area contributed by atoms with Crippen molar-refractivity contribution < 1.29 is 18.7 Å². The highest BCUT2D eigenvalue weighted by Crippen LogP contribution is 2.20. The van der Waals surface area contributed by atoms with Gasteiger partial charge in [-0.1, -0.05) is 0 Å². The van der Waals surface area contributed by atoms with E-state index in [4.69, 9.17) is 15.2 Å². The number of hydrogen-bond donors (Lipinski definition) is 1. The molecule has 1 saturated heterocycles. The summed E-state index contributed by atoms with van der Waals surface area (Å²) in [5.74, 6) is 0.451. The van der Waals surface area contributed by atoms with Gasteiger partial charge in [-0.05, 0) is 24.3 Å². The number of rotatable bonds is 6. The number of nitrogens with zero attached hydrogens (tertiary/aromatic N) is 1. The lowest BCUT2D eigenvalue weighted by Crippen LogP contribution is -2.43. The number of likely N-dealkylation sites (tertiary alicyclic amines) is 1. The van der Waals surface area contributed by atoms with Crippen LogP contribution in [0.15, 0.2) is 24.3 Å². The molecule has 2 rings (SSSR count). The maximum atomic E-state index is 12.8. The summed E-state index contributed by atoms with van der Waals surface area (Å²) >= 11 is 0. The minimum Gasteiger partial charge on any atom is -0.490 e. The molecule has 1 aliphatic rings. The summed E-state index contributed by atoms with van der Waals surface area (Å²) in [5.41, 5.74) is 5.54. The largest absolute Gasteiger partial charge is 0.490 e. The topological polar surface area (TPSA) is 64.8 Å². The number of halogens is 2. The summed E-state index contributed by atoms with van der Waals surface area (Å²) in [5, 5.41) is 0. The summed E-state index contributed by atoms with van der Waals surface area (Å²) in [6.45, 7) is 1.66. The molecule has 23 heavy (non-hydrogen) atoms. The van der Waals surface area contributed by atoms with Gasteiger partial charge in [0.25, 0.3) is 0 Å². The number of piperidine rings is 1. The Morgan fingerprint density at radius 2 is 1.96 bits per heavy atom. The first kappa shape index (κ1) is 19.7. The van der Waals surface area contributed by atoms with E-state index in [0.717, 1.165) is 12.8 Å². The number of amides is 1. The zero-order chi connectivity index (χ0) is 15.9. The molecule has 0 aliphatic carbocycles. The van der Waals surface area contributed by atoms with Gasteiger partial charge in [0, 0.05) is 39.6 Å². The normalized spacial score (nSPS) is 16.6. The van der Waals surface area contributed by atoms with E-state index in [1.54, 1.807) is 19.2 Å². The van der Waals surface area contributed by atoms with Crippen LogP contribution in [0.5, 0.6) is 5.75 Å². The predicted molar refractivity (Wildman–Crippen MR) is 88.3 cm³/mol. The molecule has 2 N–H and O–H groups in total. The Hall–Kier alpha value is -1.37. The van der Waals surface area contributed by atoms with E-state index in [9.17, 15) is 9.18 Å². The van der Waals surface area contributed by atoms with Gasteiger partial charge in [-0.3, -0.25) is 4.79 Å². The van der Waals surface area contributed by atoms with Crippen LogP contribution >= 0.6 is 12.4 Å². The van der Waals surface area contributed by atoms with E-state index in [-0.39, 0.29) is 36.3 Å². The van der Waals surface area contributed by atoms with Gasteiger partial charge in [-0.25, -0.2) is 4.39 Å². The zero-order valence-corrected chi connectivity index (χ0v) is 14.1. The molecular weight excluding hydrogens is 323 g/mol. The number of benzene rings is 1. The van der Waals surface area contributed by atoms with Gasteiger partial charge < -0.3 is 20.1 Å². The van der Waals surface area contributed by atoms with Gasteiger partial charge >= 0.3 is 0 Å².